The molecule has 0 amide bonds. The fraction of sp³-hybridized carbons (Fsp3) is 0.143. The number of nitrogen functional groups attached to an aromatic ring is 1. The van der Waals surface area contributed by atoms with Crippen molar-refractivity contribution in [3.8, 4) is 11.7 Å². The van der Waals surface area contributed by atoms with E-state index < -0.39 is 0 Å². The van der Waals surface area contributed by atoms with Crippen LogP contribution in [0.2, 0.25) is 0 Å². The number of aryl methyl sites for hydroxylation is 1. The van der Waals surface area contributed by atoms with Crippen molar-refractivity contribution >= 4 is 17.4 Å². The summed E-state index contributed by atoms with van der Waals surface area (Å²) in [7, 11) is 0. The van der Waals surface area contributed by atoms with Gasteiger partial charge in [-0.1, -0.05) is 6.07 Å². The molecule has 0 saturated carbocycles. The molecule has 0 saturated heterocycles. The number of thioether (sulfide) groups is 1. The van der Waals surface area contributed by atoms with Gasteiger partial charge < -0.3 is 14.6 Å². The number of hydrogen-bond acceptors (Lipinski definition) is 6. The molecule has 0 aliphatic heterocycles. The second-order valence-corrected chi connectivity index (χ2v) is 5.33. The molecular formula is C14H13N3O2S. The van der Waals surface area contributed by atoms with E-state index in [1.807, 2.05) is 25.1 Å². The Hall–Kier alpha value is -2.21. The maximum atomic E-state index is 5.93. The summed E-state index contributed by atoms with van der Waals surface area (Å²) in [6.45, 7) is 2.03. The Morgan fingerprint density at radius 3 is 2.95 bits per heavy atom. The highest BCUT2D eigenvalue weighted by Gasteiger charge is 2.11. The number of aromatic nitrogens is 2. The van der Waals surface area contributed by atoms with E-state index in [0.717, 1.165) is 10.6 Å². The smallest absolute Gasteiger partial charge is 0.283 e. The normalized spacial score (nSPS) is 10.8. The van der Waals surface area contributed by atoms with E-state index in [2.05, 4.69) is 10.2 Å². The second kappa shape index (κ2) is 5.42. The highest BCUT2D eigenvalue weighted by molar-refractivity contribution is 7.98. The number of rotatable bonds is 4. The first-order valence-electron chi connectivity index (χ1n) is 6.07. The van der Waals surface area contributed by atoms with E-state index in [1.54, 1.807) is 30.2 Å². The molecule has 3 rings (SSSR count). The van der Waals surface area contributed by atoms with E-state index in [4.69, 9.17) is 14.6 Å². The van der Waals surface area contributed by atoms with E-state index in [1.165, 1.54) is 5.56 Å². The van der Waals surface area contributed by atoms with E-state index >= 15 is 0 Å². The van der Waals surface area contributed by atoms with E-state index in [-0.39, 0.29) is 0 Å². The number of anilines is 1. The number of nitrogens with two attached hydrogens (primary N) is 1. The average molecular weight is 287 g/mol. The summed E-state index contributed by atoms with van der Waals surface area (Å²) in [6.07, 6.45) is 1.57. The Kier molecular flexibility index (Phi) is 3.47. The van der Waals surface area contributed by atoms with Crippen LogP contribution in [-0.4, -0.2) is 10.2 Å². The van der Waals surface area contributed by atoms with Crippen LogP contribution in [0.4, 0.5) is 5.69 Å². The molecule has 0 aliphatic carbocycles. The highest BCUT2D eigenvalue weighted by Crippen LogP contribution is 2.29. The molecule has 0 spiro atoms. The second-order valence-electron chi connectivity index (χ2n) is 4.31. The molecule has 5 nitrogen and oxygen atoms in total. The lowest BCUT2D eigenvalue weighted by Crippen LogP contribution is -1.90. The Labute approximate surface area is 120 Å². The van der Waals surface area contributed by atoms with Gasteiger partial charge >= 0.3 is 0 Å². The molecule has 0 fully saturated rings. The van der Waals surface area contributed by atoms with E-state index in [0.29, 0.717) is 23.3 Å². The largest absolute Gasteiger partial charge is 0.459 e. The first kappa shape index (κ1) is 12.8. The first-order valence-corrected chi connectivity index (χ1v) is 7.06. The minimum absolute atomic E-state index is 0.391. The first-order chi connectivity index (χ1) is 9.72. The molecule has 2 aromatic heterocycles. The molecule has 1 aromatic carbocycles. The van der Waals surface area contributed by atoms with Crippen LogP contribution in [0.1, 0.15) is 11.5 Å². The van der Waals surface area contributed by atoms with Gasteiger partial charge in [-0.25, -0.2) is 0 Å². The third kappa shape index (κ3) is 2.70. The van der Waals surface area contributed by atoms with Crippen LogP contribution in [0.15, 0.2) is 50.3 Å². The minimum atomic E-state index is 0.391. The van der Waals surface area contributed by atoms with Gasteiger partial charge in [-0.2, -0.15) is 0 Å². The fourth-order valence-corrected chi connectivity index (χ4v) is 2.62. The predicted octanol–water partition coefficient (Wildman–Crippen LogP) is 3.51. The van der Waals surface area contributed by atoms with Crippen molar-refractivity contribution in [2.24, 2.45) is 0 Å². The van der Waals surface area contributed by atoms with Gasteiger partial charge in [0.15, 0.2) is 5.76 Å². The zero-order chi connectivity index (χ0) is 13.9. The van der Waals surface area contributed by atoms with Crippen molar-refractivity contribution in [2.75, 3.05) is 5.73 Å². The van der Waals surface area contributed by atoms with Crippen molar-refractivity contribution in [1.29, 1.82) is 0 Å². The van der Waals surface area contributed by atoms with Crippen LogP contribution in [0, 0.1) is 6.92 Å². The Morgan fingerprint density at radius 2 is 2.15 bits per heavy atom. The molecular weight excluding hydrogens is 274 g/mol. The number of nitrogens with zero attached hydrogens (tertiary/aromatic N) is 2. The summed E-state index contributed by atoms with van der Waals surface area (Å²) >= 11 is 1.57. The van der Waals surface area contributed by atoms with Crippen molar-refractivity contribution < 1.29 is 8.83 Å². The van der Waals surface area contributed by atoms with Crippen LogP contribution < -0.4 is 5.73 Å². The van der Waals surface area contributed by atoms with Crippen molar-refractivity contribution in [3.63, 3.8) is 0 Å². The molecule has 0 bridgehead atoms. The maximum Gasteiger partial charge on any atom is 0.283 e. The van der Waals surface area contributed by atoms with Crippen LogP contribution in [0.3, 0.4) is 0 Å². The third-order valence-electron chi connectivity index (χ3n) is 2.72. The molecule has 20 heavy (non-hydrogen) atoms. The molecule has 0 aliphatic rings. The SMILES string of the molecule is Cc1ccc(N)c(SCc2nnc(-c3ccco3)o2)c1. The van der Waals surface area contributed by atoms with Crippen LogP contribution in [-0.2, 0) is 5.75 Å². The Balaban J connectivity index is 1.71. The lowest BCUT2D eigenvalue weighted by molar-refractivity contribution is 0.494. The summed E-state index contributed by atoms with van der Waals surface area (Å²) < 4.78 is 10.7. The standard InChI is InChI=1S/C14H13N3O2S/c1-9-4-5-10(15)12(7-9)20-8-13-16-17-14(19-13)11-3-2-6-18-11/h2-7H,8,15H2,1H3. The number of furan rings is 1. The molecule has 102 valence electrons. The van der Waals surface area contributed by atoms with Gasteiger partial charge in [-0.15, -0.1) is 22.0 Å². The molecule has 2 heterocycles. The predicted molar refractivity (Wildman–Crippen MR) is 77.2 cm³/mol. The van der Waals surface area contributed by atoms with Crippen LogP contribution in [0.5, 0.6) is 0 Å². The lowest BCUT2D eigenvalue weighted by atomic mass is 10.2. The third-order valence-corrected chi connectivity index (χ3v) is 3.77. The van der Waals surface area contributed by atoms with Gasteiger partial charge in [0.1, 0.15) is 0 Å². The summed E-state index contributed by atoms with van der Waals surface area (Å²) in [5, 5.41) is 7.96. The van der Waals surface area contributed by atoms with Gasteiger partial charge in [-0.3, -0.25) is 0 Å². The minimum Gasteiger partial charge on any atom is -0.459 e. The van der Waals surface area contributed by atoms with Gasteiger partial charge in [0.2, 0.25) is 5.89 Å². The fourth-order valence-electron chi connectivity index (χ4n) is 1.72. The quantitative estimate of drug-likeness (QED) is 0.584. The summed E-state index contributed by atoms with van der Waals surface area (Å²) in [6, 6.07) is 9.50. The van der Waals surface area contributed by atoms with Crippen molar-refractivity contribution in [3.05, 3.63) is 48.0 Å². The zero-order valence-electron chi connectivity index (χ0n) is 10.9. The summed E-state index contributed by atoms with van der Waals surface area (Å²) in [4.78, 5) is 1.02. The van der Waals surface area contributed by atoms with Crippen molar-refractivity contribution in [1.82, 2.24) is 10.2 Å². The van der Waals surface area contributed by atoms with Crippen molar-refractivity contribution in [2.45, 2.75) is 17.6 Å². The molecule has 2 N–H and O–H groups in total. The number of benzene rings is 1. The number of hydrogen-bond donors (Lipinski definition) is 1. The molecule has 0 atom stereocenters. The van der Waals surface area contributed by atoms with Gasteiger partial charge in [0, 0.05) is 10.6 Å². The van der Waals surface area contributed by atoms with Crippen LogP contribution in [0.25, 0.3) is 11.7 Å². The summed E-state index contributed by atoms with van der Waals surface area (Å²) in [5.41, 5.74) is 7.86. The Bertz CT molecular complexity index is 707. The lowest BCUT2D eigenvalue weighted by Gasteiger charge is -2.04. The molecule has 3 aromatic rings. The topological polar surface area (TPSA) is 78.1 Å². The zero-order valence-corrected chi connectivity index (χ0v) is 11.7. The molecule has 6 heteroatoms. The highest BCUT2D eigenvalue weighted by atomic mass is 32.2. The monoisotopic (exact) mass is 287 g/mol. The van der Waals surface area contributed by atoms with Gasteiger partial charge in [0.05, 0.1) is 12.0 Å². The molecule has 0 radical (unpaired) electrons. The maximum absolute atomic E-state index is 5.93. The van der Waals surface area contributed by atoms with Crippen LogP contribution >= 0.6 is 11.8 Å². The Morgan fingerprint density at radius 1 is 1.25 bits per heavy atom. The van der Waals surface area contributed by atoms with Gasteiger partial charge in [-0.05, 0) is 36.8 Å². The van der Waals surface area contributed by atoms with E-state index in [9.17, 15) is 0 Å². The van der Waals surface area contributed by atoms with Gasteiger partial charge in [0.25, 0.3) is 5.89 Å². The summed E-state index contributed by atoms with van der Waals surface area (Å²) in [5.74, 6) is 2.08. The molecule has 0 unspecified atom stereocenters. The average Bonchev–Trinajstić information content (AvgIpc) is 3.09.